The average molecular weight is 234 g/mol. The molecule has 0 aliphatic carbocycles. The van der Waals surface area contributed by atoms with Crippen LogP contribution in [-0.2, 0) is 6.54 Å². The van der Waals surface area contributed by atoms with E-state index < -0.39 is 6.03 Å². The van der Waals surface area contributed by atoms with Gasteiger partial charge >= 0.3 is 6.03 Å². The highest BCUT2D eigenvalue weighted by Crippen LogP contribution is 2.01. The lowest BCUT2D eigenvalue weighted by atomic mass is 10.0. The van der Waals surface area contributed by atoms with Crippen molar-refractivity contribution >= 4 is 6.03 Å². The maximum atomic E-state index is 10.7. The van der Waals surface area contributed by atoms with Gasteiger partial charge in [-0.1, -0.05) is 30.3 Å². The molecule has 1 fully saturated rings. The standard InChI is InChI=1S/C13H19N3O/c14-13(17)15-12-6-8-16(9-7-12)10-11-4-2-1-3-5-11/h1-5,12H,6-10H2,(H3,14,15,17)/p+1. The third kappa shape index (κ3) is 3.75. The van der Waals surface area contributed by atoms with Crippen molar-refractivity contribution in [2.75, 3.05) is 13.1 Å². The molecular weight excluding hydrogens is 214 g/mol. The van der Waals surface area contributed by atoms with Gasteiger partial charge in [-0.2, -0.15) is 0 Å². The van der Waals surface area contributed by atoms with Gasteiger partial charge in [-0.05, 0) is 0 Å². The van der Waals surface area contributed by atoms with Gasteiger partial charge in [0.15, 0.2) is 0 Å². The van der Waals surface area contributed by atoms with E-state index in [0.29, 0.717) is 0 Å². The van der Waals surface area contributed by atoms with Crippen LogP contribution >= 0.6 is 0 Å². The van der Waals surface area contributed by atoms with E-state index in [4.69, 9.17) is 5.73 Å². The van der Waals surface area contributed by atoms with Gasteiger partial charge in [-0.25, -0.2) is 4.79 Å². The molecule has 2 rings (SSSR count). The van der Waals surface area contributed by atoms with E-state index in [1.54, 1.807) is 4.90 Å². The van der Waals surface area contributed by atoms with Crippen molar-refractivity contribution in [1.29, 1.82) is 0 Å². The minimum atomic E-state index is -0.401. The van der Waals surface area contributed by atoms with E-state index >= 15 is 0 Å². The number of likely N-dealkylation sites (tertiary alicyclic amines) is 1. The molecule has 0 aromatic heterocycles. The van der Waals surface area contributed by atoms with Gasteiger partial charge in [-0.3, -0.25) is 0 Å². The van der Waals surface area contributed by atoms with Crippen LogP contribution in [0.2, 0.25) is 0 Å². The van der Waals surface area contributed by atoms with Crippen molar-refractivity contribution in [3.05, 3.63) is 35.9 Å². The number of quaternary nitrogens is 1. The van der Waals surface area contributed by atoms with Crippen LogP contribution in [0.3, 0.4) is 0 Å². The van der Waals surface area contributed by atoms with Crippen molar-refractivity contribution in [3.8, 4) is 0 Å². The lowest BCUT2D eigenvalue weighted by Gasteiger charge is -2.29. The Labute approximate surface area is 102 Å². The Morgan fingerprint density at radius 2 is 1.94 bits per heavy atom. The second-order valence-electron chi connectivity index (χ2n) is 4.70. The zero-order valence-electron chi connectivity index (χ0n) is 9.99. The van der Waals surface area contributed by atoms with Gasteiger partial charge in [0.05, 0.1) is 13.1 Å². The van der Waals surface area contributed by atoms with Gasteiger partial charge in [0, 0.05) is 24.4 Å². The van der Waals surface area contributed by atoms with Crippen LogP contribution < -0.4 is 16.0 Å². The number of carbonyl (C=O) groups is 1. The lowest BCUT2D eigenvalue weighted by Crippen LogP contribution is -3.12. The van der Waals surface area contributed by atoms with E-state index in [9.17, 15) is 4.79 Å². The molecule has 1 aliphatic heterocycles. The maximum absolute atomic E-state index is 10.7. The number of nitrogens with two attached hydrogens (primary N) is 1. The molecule has 1 heterocycles. The molecule has 0 spiro atoms. The van der Waals surface area contributed by atoms with Crippen molar-refractivity contribution in [2.45, 2.75) is 25.4 Å². The third-order valence-corrected chi connectivity index (χ3v) is 3.34. The van der Waals surface area contributed by atoms with Gasteiger partial charge < -0.3 is 16.0 Å². The summed E-state index contributed by atoms with van der Waals surface area (Å²) in [6.07, 6.45) is 2.04. The first kappa shape index (κ1) is 11.9. The summed E-state index contributed by atoms with van der Waals surface area (Å²) in [4.78, 5) is 12.3. The summed E-state index contributed by atoms with van der Waals surface area (Å²) in [7, 11) is 0. The van der Waals surface area contributed by atoms with Crippen LogP contribution in [-0.4, -0.2) is 25.2 Å². The molecule has 1 saturated heterocycles. The fourth-order valence-corrected chi connectivity index (χ4v) is 2.43. The molecule has 17 heavy (non-hydrogen) atoms. The van der Waals surface area contributed by atoms with E-state index in [1.165, 1.54) is 5.56 Å². The molecule has 0 saturated carbocycles. The second kappa shape index (κ2) is 5.68. The highest BCUT2D eigenvalue weighted by molar-refractivity contribution is 5.71. The summed E-state index contributed by atoms with van der Waals surface area (Å²) < 4.78 is 0. The number of nitrogens with one attached hydrogen (secondary N) is 2. The number of carbonyl (C=O) groups excluding carboxylic acids is 1. The maximum Gasteiger partial charge on any atom is 0.312 e. The molecule has 4 nitrogen and oxygen atoms in total. The molecular formula is C13H20N3O+. The van der Waals surface area contributed by atoms with Crippen LogP contribution in [0.1, 0.15) is 18.4 Å². The Morgan fingerprint density at radius 1 is 1.29 bits per heavy atom. The van der Waals surface area contributed by atoms with Crippen molar-refractivity contribution in [2.24, 2.45) is 5.73 Å². The number of piperidine rings is 1. The Morgan fingerprint density at radius 3 is 2.53 bits per heavy atom. The number of amides is 2. The predicted molar refractivity (Wildman–Crippen MR) is 66.6 cm³/mol. The number of hydrogen-bond acceptors (Lipinski definition) is 1. The Hall–Kier alpha value is -1.55. The van der Waals surface area contributed by atoms with Crippen LogP contribution in [0.25, 0.3) is 0 Å². The van der Waals surface area contributed by atoms with Crippen molar-refractivity contribution < 1.29 is 9.69 Å². The third-order valence-electron chi connectivity index (χ3n) is 3.34. The van der Waals surface area contributed by atoms with Crippen molar-refractivity contribution in [3.63, 3.8) is 0 Å². The highest BCUT2D eigenvalue weighted by Gasteiger charge is 2.22. The number of rotatable bonds is 3. The number of benzene rings is 1. The molecule has 0 radical (unpaired) electrons. The summed E-state index contributed by atoms with van der Waals surface area (Å²) in [5, 5.41) is 2.79. The van der Waals surface area contributed by atoms with Gasteiger partial charge in [-0.15, -0.1) is 0 Å². The summed E-state index contributed by atoms with van der Waals surface area (Å²) >= 11 is 0. The molecule has 4 heteroatoms. The van der Waals surface area contributed by atoms with E-state index in [-0.39, 0.29) is 6.04 Å². The molecule has 92 valence electrons. The Kier molecular flexibility index (Phi) is 3.98. The van der Waals surface area contributed by atoms with Crippen LogP contribution in [0.15, 0.2) is 30.3 Å². The molecule has 0 bridgehead atoms. The summed E-state index contributed by atoms with van der Waals surface area (Å²) in [5.41, 5.74) is 6.50. The summed E-state index contributed by atoms with van der Waals surface area (Å²) in [6.45, 7) is 3.27. The largest absolute Gasteiger partial charge is 0.352 e. The summed E-state index contributed by atoms with van der Waals surface area (Å²) in [6, 6.07) is 10.4. The molecule has 1 aliphatic rings. The Bertz CT molecular complexity index is 358. The molecule has 4 N–H and O–H groups in total. The second-order valence-corrected chi connectivity index (χ2v) is 4.70. The fourth-order valence-electron chi connectivity index (χ4n) is 2.43. The predicted octanol–water partition coefficient (Wildman–Crippen LogP) is -0.0978. The van der Waals surface area contributed by atoms with E-state index in [0.717, 1.165) is 32.5 Å². The zero-order chi connectivity index (χ0) is 12.1. The highest BCUT2D eigenvalue weighted by atomic mass is 16.2. The summed E-state index contributed by atoms with van der Waals surface area (Å²) in [5.74, 6) is 0. The minimum Gasteiger partial charge on any atom is -0.352 e. The Balaban J connectivity index is 1.78. The van der Waals surface area contributed by atoms with Gasteiger partial charge in [0.1, 0.15) is 6.54 Å². The average Bonchev–Trinajstić information content (AvgIpc) is 2.32. The van der Waals surface area contributed by atoms with Gasteiger partial charge in [0.25, 0.3) is 0 Å². The van der Waals surface area contributed by atoms with E-state index in [2.05, 4.69) is 29.6 Å². The van der Waals surface area contributed by atoms with Crippen molar-refractivity contribution in [1.82, 2.24) is 5.32 Å². The van der Waals surface area contributed by atoms with Crippen LogP contribution in [0.4, 0.5) is 4.79 Å². The monoisotopic (exact) mass is 234 g/mol. The molecule has 2 amide bonds. The number of primary amides is 1. The van der Waals surface area contributed by atoms with Gasteiger partial charge in [0.2, 0.25) is 0 Å². The van der Waals surface area contributed by atoms with Crippen LogP contribution in [0, 0.1) is 0 Å². The topological polar surface area (TPSA) is 59.6 Å². The first-order valence-electron chi connectivity index (χ1n) is 6.17. The number of urea groups is 1. The van der Waals surface area contributed by atoms with E-state index in [1.807, 2.05) is 6.07 Å². The lowest BCUT2D eigenvalue weighted by molar-refractivity contribution is -0.918. The minimum absolute atomic E-state index is 0.270. The normalized spacial score (nSPS) is 24.2. The first-order valence-corrected chi connectivity index (χ1v) is 6.17. The smallest absolute Gasteiger partial charge is 0.312 e. The quantitative estimate of drug-likeness (QED) is 0.672. The molecule has 0 atom stereocenters. The fraction of sp³-hybridized carbons (Fsp3) is 0.462. The molecule has 1 aromatic rings. The SMILES string of the molecule is NC(=O)NC1CC[NH+](Cc2ccccc2)CC1. The number of hydrogen-bond donors (Lipinski definition) is 3. The zero-order valence-corrected chi connectivity index (χ0v) is 9.99. The first-order chi connectivity index (χ1) is 8.24. The van der Waals surface area contributed by atoms with Crippen LogP contribution in [0.5, 0.6) is 0 Å². The molecule has 1 aromatic carbocycles. The molecule has 0 unspecified atom stereocenters.